The molecule has 4 heteroatoms. The van der Waals surface area contributed by atoms with Gasteiger partial charge in [-0.05, 0) is 38.6 Å². The number of aromatic nitrogens is 2. The van der Waals surface area contributed by atoms with Crippen LogP contribution in [0, 0.1) is 0 Å². The number of hydrogen-bond donors (Lipinski definition) is 0. The van der Waals surface area contributed by atoms with Gasteiger partial charge in [0.15, 0.2) is 0 Å². The summed E-state index contributed by atoms with van der Waals surface area (Å²) in [5.74, 6) is 1.35. The van der Waals surface area contributed by atoms with E-state index < -0.39 is 0 Å². The molecule has 0 aliphatic carbocycles. The van der Waals surface area contributed by atoms with Gasteiger partial charge in [-0.25, -0.2) is 0 Å². The topological polar surface area (TPSA) is 38.2 Å². The molecule has 0 unspecified atom stereocenters. The molecular formula is C17H21N3O. The van der Waals surface area contributed by atoms with E-state index in [2.05, 4.69) is 21.9 Å². The van der Waals surface area contributed by atoms with E-state index in [1.807, 2.05) is 36.7 Å². The van der Waals surface area contributed by atoms with Gasteiger partial charge in [0.05, 0.1) is 24.7 Å². The molecule has 1 aromatic heterocycles. The number of ether oxygens (including phenoxy) is 1. The highest BCUT2D eigenvalue weighted by Crippen LogP contribution is 2.26. The zero-order valence-corrected chi connectivity index (χ0v) is 12.6. The molecule has 0 N–H and O–H groups in total. The van der Waals surface area contributed by atoms with Crippen molar-refractivity contribution in [2.24, 2.45) is 0 Å². The van der Waals surface area contributed by atoms with Gasteiger partial charge in [0, 0.05) is 24.2 Å². The molecule has 1 aromatic carbocycles. The lowest BCUT2D eigenvalue weighted by atomic mass is 9.95. The van der Waals surface area contributed by atoms with Gasteiger partial charge in [0.2, 0.25) is 0 Å². The van der Waals surface area contributed by atoms with Crippen molar-refractivity contribution >= 4 is 0 Å². The highest BCUT2D eigenvalue weighted by molar-refractivity contribution is 5.60. The molecule has 0 bridgehead atoms. The Balaban J connectivity index is 1.80. The van der Waals surface area contributed by atoms with Crippen LogP contribution in [0.1, 0.15) is 24.5 Å². The van der Waals surface area contributed by atoms with Crippen LogP contribution < -0.4 is 4.74 Å². The molecule has 0 amide bonds. The van der Waals surface area contributed by atoms with Crippen molar-refractivity contribution in [3.63, 3.8) is 0 Å². The Kier molecular flexibility index (Phi) is 4.15. The second kappa shape index (κ2) is 6.22. The van der Waals surface area contributed by atoms with Crippen LogP contribution in [-0.2, 0) is 0 Å². The monoisotopic (exact) mass is 283 g/mol. The fourth-order valence-electron chi connectivity index (χ4n) is 2.89. The molecule has 0 saturated carbocycles. The zero-order valence-electron chi connectivity index (χ0n) is 12.6. The molecule has 2 aromatic rings. The molecule has 1 fully saturated rings. The number of rotatable bonds is 3. The first kappa shape index (κ1) is 14.0. The van der Waals surface area contributed by atoms with Crippen molar-refractivity contribution < 1.29 is 4.74 Å². The normalized spacial score (nSPS) is 19.4. The first-order valence-corrected chi connectivity index (χ1v) is 7.41. The molecule has 1 atom stereocenters. The third kappa shape index (κ3) is 3.22. The average molecular weight is 283 g/mol. The Morgan fingerprint density at radius 2 is 2.14 bits per heavy atom. The molecule has 1 saturated heterocycles. The van der Waals surface area contributed by atoms with Crippen LogP contribution in [0.25, 0.3) is 11.3 Å². The van der Waals surface area contributed by atoms with Gasteiger partial charge in [-0.2, -0.15) is 0 Å². The Labute approximate surface area is 125 Å². The van der Waals surface area contributed by atoms with Crippen LogP contribution >= 0.6 is 0 Å². The second-order valence-electron chi connectivity index (χ2n) is 5.66. The van der Waals surface area contributed by atoms with Crippen LogP contribution in [0.5, 0.6) is 5.75 Å². The summed E-state index contributed by atoms with van der Waals surface area (Å²) in [5, 5.41) is 0. The van der Waals surface area contributed by atoms with Crippen molar-refractivity contribution in [1.82, 2.24) is 14.9 Å². The maximum absolute atomic E-state index is 5.25. The lowest BCUT2D eigenvalue weighted by molar-refractivity contribution is 0.248. The molecule has 1 aliphatic heterocycles. The van der Waals surface area contributed by atoms with Crippen molar-refractivity contribution in [2.75, 3.05) is 27.2 Å². The minimum Gasteiger partial charge on any atom is -0.497 e. The van der Waals surface area contributed by atoms with Crippen LogP contribution in [0.15, 0.2) is 36.7 Å². The quantitative estimate of drug-likeness (QED) is 0.868. The highest BCUT2D eigenvalue weighted by atomic mass is 16.5. The van der Waals surface area contributed by atoms with E-state index in [-0.39, 0.29) is 0 Å². The van der Waals surface area contributed by atoms with E-state index in [0.717, 1.165) is 29.2 Å². The first-order valence-electron chi connectivity index (χ1n) is 7.41. The highest BCUT2D eigenvalue weighted by Gasteiger charge is 2.20. The van der Waals surface area contributed by atoms with Crippen LogP contribution in [0.4, 0.5) is 0 Å². The molecule has 1 aliphatic rings. The second-order valence-corrected chi connectivity index (χ2v) is 5.66. The molecular weight excluding hydrogens is 262 g/mol. The van der Waals surface area contributed by atoms with E-state index in [9.17, 15) is 0 Å². The number of piperidine rings is 1. The van der Waals surface area contributed by atoms with Gasteiger partial charge < -0.3 is 9.64 Å². The number of likely N-dealkylation sites (tertiary alicyclic amines) is 1. The van der Waals surface area contributed by atoms with Gasteiger partial charge in [-0.3, -0.25) is 9.97 Å². The third-order valence-corrected chi connectivity index (χ3v) is 4.08. The minimum absolute atomic E-state index is 0.510. The summed E-state index contributed by atoms with van der Waals surface area (Å²) in [6.07, 6.45) is 6.25. The van der Waals surface area contributed by atoms with Crippen molar-refractivity contribution in [1.29, 1.82) is 0 Å². The molecule has 4 nitrogen and oxygen atoms in total. The van der Waals surface area contributed by atoms with Gasteiger partial charge in [0.25, 0.3) is 0 Å². The fourth-order valence-corrected chi connectivity index (χ4v) is 2.89. The summed E-state index contributed by atoms with van der Waals surface area (Å²) in [5.41, 5.74) is 3.03. The maximum Gasteiger partial charge on any atom is 0.119 e. The maximum atomic E-state index is 5.25. The Morgan fingerprint density at radius 1 is 1.24 bits per heavy atom. The van der Waals surface area contributed by atoms with E-state index in [4.69, 9.17) is 4.74 Å². The lowest BCUT2D eigenvalue weighted by Gasteiger charge is -2.29. The Hall–Kier alpha value is -1.94. The molecule has 3 rings (SSSR count). The summed E-state index contributed by atoms with van der Waals surface area (Å²) < 4.78 is 5.25. The van der Waals surface area contributed by atoms with Crippen LogP contribution in [0.2, 0.25) is 0 Å². The van der Waals surface area contributed by atoms with Crippen LogP contribution in [0.3, 0.4) is 0 Å². The summed E-state index contributed by atoms with van der Waals surface area (Å²) >= 11 is 0. The number of likely N-dealkylation sites (N-methyl/N-ethyl adjacent to an activating group) is 1. The van der Waals surface area contributed by atoms with Gasteiger partial charge in [-0.1, -0.05) is 12.1 Å². The smallest absolute Gasteiger partial charge is 0.119 e. The summed E-state index contributed by atoms with van der Waals surface area (Å²) in [4.78, 5) is 11.6. The van der Waals surface area contributed by atoms with Gasteiger partial charge in [0.1, 0.15) is 5.75 Å². The van der Waals surface area contributed by atoms with E-state index >= 15 is 0 Å². The molecule has 0 spiro atoms. The minimum atomic E-state index is 0.510. The largest absolute Gasteiger partial charge is 0.497 e. The molecule has 21 heavy (non-hydrogen) atoms. The third-order valence-electron chi connectivity index (χ3n) is 4.08. The Bertz CT molecular complexity index is 597. The van der Waals surface area contributed by atoms with E-state index in [1.54, 1.807) is 7.11 Å². The number of nitrogens with zero attached hydrogens (tertiary/aromatic N) is 3. The van der Waals surface area contributed by atoms with Crippen molar-refractivity contribution in [3.8, 4) is 17.0 Å². The van der Waals surface area contributed by atoms with E-state index in [0.29, 0.717) is 5.92 Å². The first-order chi connectivity index (χ1) is 10.3. The summed E-state index contributed by atoms with van der Waals surface area (Å²) in [6.45, 7) is 2.26. The number of methoxy groups -OCH3 is 1. The van der Waals surface area contributed by atoms with Gasteiger partial charge >= 0.3 is 0 Å². The standard InChI is InChI=1S/C17H21N3O/c1-20-8-4-6-14(12-20)17-11-18-16(10-19-17)13-5-3-7-15(9-13)21-2/h3,5,7,9-11,14H,4,6,8,12H2,1-2H3/t14-/m0/s1. The fraction of sp³-hybridized carbons (Fsp3) is 0.412. The lowest BCUT2D eigenvalue weighted by Crippen LogP contribution is -2.31. The van der Waals surface area contributed by atoms with Crippen molar-refractivity contribution in [2.45, 2.75) is 18.8 Å². The summed E-state index contributed by atoms with van der Waals surface area (Å²) in [6, 6.07) is 7.92. The molecule has 0 radical (unpaired) electrons. The molecule has 2 heterocycles. The SMILES string of the molecule is COc1cccc(-c2cnc([C@H]3CCCN(C)C3)cn2)c1. The number of benzene rings is 1. The zero-order chi connectivity index (χ0) is 14.7. The van der Waals surface area contributed by atoms with Crippen LogP contribution in [-0.4, -0.2) is 42.1 Å². The predicted molar refractivity (Wildman–Crippen MR) is 83.5 cm³/mol. The number of hydrogen-bond acceptors (Lipinski definition) is 4. The van der Waals surface area contributed by atoms with Crippen molar-refractivity contribution in [3.05, 3.63) is 42.4 Å². The van der Waals surface area contributed by atoms with E-state index in [1.165, 1.54) is 19.4 Å². The average Bonchev–Trinajstić information content (AvgIpc) is 2.55. The van der Waals surface area contributed by atoms with Gasteiger partial charge in [-0.15, -0.1) is 0 Å². The summed E-state index contributed by atoms with van der Waals surface area (Å²) in [7, 11) is 3.84. The predicted octanol–water partition coefficient (Wildman–Crippen LogP) is 2.96. The molecule has 110 valence electrons. The Morgan fingerprint density at radius 3 is 2.86 bits per heavy atom.